The van der Waals surface area contributed by atoms with E-state index in [2.05, 4.69) is 43.2 Å². The molecule has 0 aliphatic heterocycles. The SMILES string of the molecule is O=S(=O)(NCc1ccc(I)cc1)c1cccc(Br)c1. The van der Waals surface area contributed by atoms with E-state index < -0.39 is 10.0 Å². The first kappa shape index (κ1) is 15.0. The minimum atomic E-state index is -3.47. The van der Waals surface area contributed by atoms with Crippen molar-refractivity contribution in [1.29, 1.82) is 0 Å². The van der Waals surface area contributed by atoms with Crippen LogP contribution in [0.2, 0.25) is 0 Å². The Kier molecular flexibility index (Phi) is 4.99. The lowest BCUT2D eigenvalue weighted by Gasteiger charge is -2.07. The molecule has 2 aromatic rings. The van der Waals surface area contributed by atoms with Crippen LogP contribution in [0.5, 0.6) is 0 Å². The van der Waals surface area contributed by atoms with Crippen LogP contribution >= 0.6 is 38.5 Å². The van der Waals surface area contributed by atoms with E-state index in [9.17, 15) is 8.42 Å². The lowest BCUT2D eigenvalue weighted by molar-refractivity contribution is 0.581. The van der Waals surface area contributed by atoms with Gasteiger partial charge in [-0.2, -0.15) is 0 Å². The number of rotatable bonds is 4. The summed E-state index contributed by atoms with van der Waals surface area (Å²) in [4.78, 5) is 0.257. The third-order valence-corrected chi connectivity index (χ3v) is 5.10. The third kappa shape index (κ3) is 4.27. The molecule has 0 saturated carbocycles. The molecule has 0 bridgehead atoms. The van der Waals surface area contributed by atoms with Crippen LogP contribution in [-0.4, -0.2) is 8.42 Å². The van der Waals surface area contributed by atoms with Gasteiger partial charge in [0.1, 0.15) is 0 Å². The average molecular weight is 452 g/mol. The Bertz CT molecular complexity index is 671. The molecule has 2 rings (SSSR count). The molecule has 19 heavy (non-hydrogen) atoms. The van der Waals surface area contributed by atoms with Crippen LogP contribution < -0.4 is 4.72 Å². The zero-order valence-electron chi connectivity index (χ0n) is 9.81. The van der Waals surface area contributed by atoms with Gasteiger partial charge < -0.3 is 0 Å². The van der Waals surface area contributed by atoms with Crippen molar-refractivity contribution in [3.8, 4) is 0 Å². The molecule has 1 N–H and O–H groups in total. The van der Waals surface area contributed by atoms with Gasteiger partial charge in [0.05, 0.1) is 4.90 Å². The molecule has 0 saturated heterocycles. The highest BCUT2D eigenvalue weighted by Crippen LogP contribution is 2.16. The van der Waals surface area contributed by atoms with E-state index in [0.29, 0.717) is 0 Å². The van der Waals surface area contributed by atoms with Gasteiger partial charge in [-0.3, -0.25) is 0 Å². The molecule has 0 spiro atoms. The van der Waals surface area contributed by atoms with E-state index in [0.717, 1.165) is 13.6 Å². The first-order chi connectivity index (χ1) is 8.97. The standard InChI is InChI=1S/C13H11BrINO2S/c14-11-2-1-3-13(8-11)19(17,18)16-9-10-4-6-12(15)7-5-10/h1-8,16H,9H2. The van der Waals surface area contributed by atoms with E-state index in [1.165, 1.54) is 0 Å². The van der Waals surface area contributed by atoms with Crippen molar-refractivity contribution in [3.63, 3.8) is 0 Å². The lowest BCUT2D eigenvalue weighted by atomic mass is 10.2. The number of halogens is 2. The number of hydrogen-bond donors (Lipinski definition) is 1. The van der Waals surface area contributed by atoms with E-state index in [4.69, 9.17) is 0 Å². The van der Waals surface area contributed by atoms with Crippen LogP contribution in [0.4, 0.5) is 0 Å². The Morgan fingerprint density at radius 1 is 1.11 bits per heavy atom. The fraction of sp³-hybridized carbons (Fsp3) is 0.0769. The second-order valence-electron chi connectivity index (χ2n) is 3.91. The largest absolute Gasteiger partial charge is 0.240 e. The van der Waals surface area contributed by atoms with Crippen molar-refractivity contribution < 1.29 is 8.42 Å². The summed E-state index contributed by atoms with van der Waals surface area (Å²) in [5.41, 5.74) is 0.930. The third-order valence-electron chi connectivity index (χ3n) is 2.49. The summed E-state index contributed by atoms with van der Waals surface area (Å²) >= 11 is 5.48. The number of hydrogen-bond acceptors (Lipinski definition) is 2. The fourth-order valence-corrected chi connectivity index (χ4v) is 3.47. The van der Waals surface area contributed by atoms with Gasteiger partial charge in [-0.15, -0.1) is 0 Å². The predicted molar refractivity (Wildman–Crippen MR) is 87.3 cm³/mol. The van der Waals surface area contributed by atoms with Crippen molar-refractivity contribution in [1.82, 2.24) is 4.72 Å². The molecule has 0 atom stereocenters. The Morgan fingerprint density at radius 2 is 1.79 bits per heavy atom. The zero-order valence-corrected chi connectivity index (χ0v) is 14.4. The van der Waals surface area contributed by atoms with Crippen LogP contribution in [0.1, 0.15) is 5.56 Å². The number of benzene rings is 2. The second kappa shape index (κ2) is 6.34. The monoisotopic (exact) mass is 451 g/mol. The summed E-state index contributed by atoms with van der Waals surface area (Å²) in [5.74, 6) is 0. The summed E-state index contributed by atoms with van der Waals surface area (Å²) in [5, 5.41) is 0. The van der Waals surface area contributed by atoms with Gasteiger partial charge in [0.2, 0.25) is 10.0 Å². The van der Waals surface area contributed by atoms with Gasteiger partial charge >= 0.3 is 0 Å². The van der Waals surface area contributed by atoms with Gasteiger partial charge in [0, 0.05) is 14.6 Å². The first-order valence-electron chi connectivity index (χ1n) is 5.47. The predicted octanol–water partition coefficient (Wildman–Crippen LogP) is 3.53. The fourth-order valence-electron chi connectivity index (χ4n) is 1.50. The summed E-state index contributed by atoms with van der Waals surface area (Å²) in [6.45, 7) is 0.283. The maximum atomic E-state index is 12.1. The van der Waals surface area contributed by atoms with Crippen LogP contribution in [-0.2, 0) is 16.6 Å². The number of sulfonamides is 1. The van der Waals surface area contributed by atoms with Crippen LogP contribution in [0, 0.1) is 3.57 Å². The molecule has 0 unspecified atom stereocenters. The molecule has 0 aliphatic rings. The van der Waals surface area contributed by atoms with Gasteiger partial charge in [-0.05, 0) is 58.5 Å². The highest BCUT2D eigenvalue weighted by atomic mass is 127. The highest BCUT2D eigenvalue weighted by molar-refractivity contribution is 14.1. The smallest absolute Gasteiger partial charge is 0.207 e. The summed E-state index contributed by atoms with van der Waals surface area (Å²) in [6, 6.07) is 14.3. The Balaban J connectivity index is 2.12. The van der Waals surface area contributed by atoms with Crippen molar-refractivity contribution in [2.75, 3.05) is 0 Å². The lowest BCUT2D eigenvalue weighted by Crippen LogP contribution is -2.23. The highest BCUT2D eigenvalue weighted by Gasteiger charge is 2.13. The van der Waals surface area contributed by atoms with Crippen LogP contribution in [0.3, 0.4) is 0 Å². The van der Waals surface area contributed by atoms with Crippen molar-refractivity contribution >= 4 is 48.5 Å². The molecular formula is C13H11BrINO2S. The maximum absolute atomic E-state index is 12.1. The van der Waals surface area contributed by atoms with Gasteiger partial charge in [-0.1, -0.05) is 34.1 Å². The normalized spacial score (nSPS) is 11.5. The topological polar surface area (TPSA) is 46.2 Å². The average Bonchev–Trinajstić information content (AvgIpc) is 2.38. The van der Waals surface area contributed by atoms with E-state index >= 15 is 0 Å². The summed E-state index contributed by atoms with van der Waals surface area (Å²) in [7, 11) is -3.47. The Morgan fingerprint density at radius 3 is 2.42 bits per heavy atom. The quantitative estimate of drug-likeness (QED) is 0.722. The molecule has 6 heteroatoms. The maximum Gasteiger partial charge on any atom is 0.240 e. The molecule has 100 valence electrons. The van der Waals surface area contributed by atoms with Gasteiger partial charge in [0.25, 0.3) is 0 Å². The minimum Gasteiger partial charge on any atom is -0.207 e. The van der Waals surface area contributed by atoms with E-state index in [-0.39, 0.29) is 11.4 Å². The molecule has 0 aromatic heterocycles. The molecule has 0 radical (unpaired) electrons. The van der Waals surface area contributed by atoms with Crippen molar-refractivity contribution in [2.24, 2.45) is 0 Å². The second-order valence-corrected chi connectivity index (χ2v) is 7.84. The van der Waals surface area contributed by atoms with Gasteiger partial charge in [0.15, 0.2) is 0 Å². The van der Waals surface area contributed by atoms with Crippen LogP contribution in [0.25, 0.3) is 0 Å². The summed E-state index contributed by atoms with van der Waals surface area (Å²) < 4.78 is 28.6. The molecule has 0 amide bonds. The molecule has 0 fully saturated rings. The molecule has 2 aromatic carbocycles. The summed E-state index contributed by atoms with van der Waals surface area (Å²) in [6.07, 6.45) is 0. The Hall–Kier alpha value is -0.440. The molecular weight excluding hydrogens is 441 g/mol. The number of nitrogens with one attached hydrogen (secondary N) is 1. The molecule has 3 nitrogen and oxygen atoms in total. The van der Waals surface area contributed by atoms with Gasteiger partial charge in [-0.25, -0.2) is 13.1 Å². The van der Waals surface area contributed by atoms with Crippen LogP contribution in [0.15, 0.2) is 57.9 Å². The minimum absolute atomic E-state index is 0.257. The van der Waals surface area contributed by atoms with E-state index in [1.807, 2.05) is 24.3 Å². The zero-order chi connectivity index (χ0) is 13.9. The first-order valence-corrected chi connectivity index (χ1v) is 8.82. The van der Waals surface area contributed by atoms with Crippen molar-refractivity contribution in [3.05, 3.63) is 62.1 Å². The molecule has 0 aliphatic carbocycles. The van der Waals surface area contributed by atoms with Crippen molar-refractivity contribution in [2.45, 2.75) is 11.4 Å². The van der Waals surface area contributed by atoms with E-state index in [1.54, 1.807) is 24.3 Å². The Labute approximate surface area is 134 Å². The molecule has 0 heterocycles.